The summed E-state index contributed by atoms with van der Waals surface area (Å²) in [5.41, 5.74) is 5.07. The lowest BCUT2D eigenvalue weighted by Gasteiger charge is -2.30. The highest BCUT2D eigenvalue weighted by molar-refractivity contribution is 9.10. The van der Waals surface area contributed by atoms with Gasteiger partial charge in [-0.25, -0.2) is 9.97 Å². The van der Waals surface area contributed by atoms with E-state index in [-0.39, 0.29) is 17.7 Å². The molecule has 9 nitrogen and oxygen atoms in total. The summed E-state index contributed by atoms with van der Waals surface area (Å²) in [5, 5.41) is 11.9. The molecule has 0 aliphatic carbocycles. The van der Waals surface area contributed by atoms with Gasteiger partial charge in [0.25, 0.3) is 11.1 Å². The van der Waals surface area contributed by atoms with Crippen molar-refractivity contribution in [3.05, 3.63) is 115 Å². The average molecular weight is 631 g/mol. The van der Waals surface area contributed by atoms with Gasteiger partial charge in [-0.3, -0.25) is 19.1 Å². The lowest BCUT2D eigenvalue weighted by molar-refractivity contribution is -0.0312. The van der Waals surface area contributed by atoms with Crippen molar-refractivity contribution in [1.82, 2.24) is 24.4 Å². The van der Waals surface area contributed by atoms with Crippen LogP contribution in [-0.2, 0) is 30.7 Å². The van der Waals surface area contributed by atoms with E-state index in [0.717, 1.165) is 49.2 Å². The van der Waals surface area contributed by atoms with E-state index in [0.29, 0.717) is 34.3 Å². The van der Waals surface area contributed by atoms with E-state index in [4.69, 9.17) is 4.74 Å². The number of ether oxygens (including phenoxy) is 1. The number of hydrogen-bond donors (Lipinski definition) is 2. The molecule has 0 radical (unpaired) electrons. The molecule has 1 atom stereocenters. The van der Waals surface area contributed by atoms with Crippen LogP contribution in [0.3, 0.4) is 0 Å². The summed E-state index contributed by atoms with van der Waals surface area (Å²) in [6, 6.07) is 19.8. The number of H-pyrrole nitrogens is 1. The Bertz CT molecular complexity index is 1830. The molecule has 0 amide bonds. The maximum absolute atomic E-state index is 13.0. The van der Waals surface area contributed by atoms with Crippen LogP contribution < -0.4 is 11.1 Å². The van der Waals surface area contributed by atoms with E-state index in [1.165, 1.54) is 17.5 Å². The number of benzene rings is 3. The van der Waals surface area contributed by atoms with Gasteiger partial charge in [-0.1, -0.05) is 46.3 Å². The third-order valence-electron chi connectivity index (χ3n) is 7.81. The number of aromatic nitrogens is 4. The van der Waals surface area contributed by atoms with Crippen LogP contribution in [0.4, 0.5) is 0 Å². The molecule has 2 aliphatic rings. The van der Waals surface area contributed by atoms with Crippen molar-refractivity contribution in [1.29, 1.82) is 0 Å². The fourth-order valence-electron chi connectivity index (χ4n) is 5.53. The van der Waals surface area contributed by atoms with Crippen LogP contribution in [-0.4, -0.2) is 61.9 Å². The number of nitrogens with one attached hydrogen (secondary N) is 1. The van der Waals surface area contributed by atoms with Crippen LogP contribution in [0, 0.1) is 5.92 Å². The van der Waals surface area contributed by atoms with Crippen molar-refractivity contribution < 1.29 is 9.84 Å². The number of aromatic amines is 1. The Morgan fingerprint density at radius 3 is 2.57 bits per heavy atom. The van der Waals surface area contributed by atoms with E-state index >= 15 is 0 Å². The largest absolute Gasteiger partial charge is 0.390 e. The standard InChI is InChI=1S/C24H27N3O3.C8H5BrN2O/c28-21(12-26-8-7-19-3-1-2-4-20(19)11-26)13-27-16-25-23-6-5-17(9-18-14-30-15-18)10-22(23)24(27)29;9-5-1-2-7-6(3-5)8(12)11-4-10-7/h1-6,10,16,18,21,28H,7-9,11-15H2;1-4H,(H,10,11,12). The first-order valence-electron chi connectivity index (χ1n) is 14.1. The highest BCUT2D eigenvalue weighted by Crippen LogP contribution is 2.20. The van der Waals surface area contributed by atoms with Crippen LogP contribution in [0.25, 0.3) is 21.8 Å². The number of halogens is 1. The molecule has 1 unspecified atom stereocenters. The molecule has 0 saturated carbocycles. The summed E-state index contributed by atoms with van der Waals surface area (Å²) in [6.07, 6.45) is 4.25. The molecule has 1 fully saturated rings. The van der Waals surface area contributed by atoms with Crippen LogP contribution in [0.5, 0.6) is 0 Å². The van der Waals surface area contributed by atoms with Gasteiger partial charge in [0, 0.05) is 30.0 Å². The molecule has 10 heteroatoms. The molecule has 7 rings (SSSR count). The molecule has 42 heavy (non-hydrogen) atoms. The van der Waals surface area contributed by atoms with Crippen molar-refractivity contribution in [2.45, 2.75) is 32.0 Å². The van der Waals surface area contributed by atoms with Crippen molar-refractivity contribution in [2.24, 2.45) is 5.92 Å². The molecule has 3 aromatic carbocycles. The zero-order valence-electron chi connectivity index (χ0n) is 23.1. The Balaban J connectivity index is 0.000000219. The Hall–Kier alpha value is -3.70. The van der Waals surface area contributed by atoms with Gasteiger partial charge in [-0.2, -0.15) is 0 Å². The van der Waals surface area contributed by atoms with E-state index in [1.54, 1.807) is 23.0 Å². The fraction of sp³-hybridized carbons (Fsp3) is 0.312. The third kappa shape index (κ3) is 6.52. The number of nitrogens with zero attached hydrogens (tertiary/aromatic N) is 4. The first-order valence-corrected chi connectivity index (χ1v) is 14.9. The summed E-state index contributed by atoms with van der Waals surface area (Å²) >= 11 is 3.29. The predicted molar refractivity (Wildman–Crippen MR) is 166 cm³/mol. The number of fused-ring (bicyclic) bond motifs is 3. The molecule has 1 saturated heterocycles. The molecule has 216 valence electrons. The third-order valence-corrected chi connectivity index (χ3v) is 8.30. The summed E-state index contributed by atoms with van der Waals surface area (Å²) in [4.78, 5) is 37.4. The summed E-state index contributed by atoms with van der Waals surface area (Å²) in [5.74, 6) is 0.540. The summed E-state index contributed by atoms with van der Waals surface area (Å²) in [6.45, 7) is 4.14. The topological polar surface area (TPSA) is 113 Å². The normalized spacial score (nSPS) is 16.0. The Morgan fingerprint density at radius 1 is 0.976 bits per heavy atom. The molecule has 0 bridgehead atoms. The van der Waals surface area contributed by atoms with Crippen LogP contribution in [0.2, 0.25) is 0 Å². The van der Waals surface area contributed by atoms with Gasteiger partial charge in [-0.15, -0.1) is 0 Å². The van der Waals surface area contributed by atoms with E-state index in [9.17, 15) is 14.7 Å². The molecule has 2 N–H and O–H groups in total. The van der Waals surface area contributed by atoms with Crippen LogP contribution in [0.1, 0.15) is 16.7 Å². The highest BCUT2D eigenvalue weighted by atomic mass is 79.9. The van der Waals surface area contributed by atoms with Crippen molar-refractivity contribution in [2.75, 3.05) is 26.3 Å². The second-order valence-corrected chi connectivity index (χ2v) is 11.9. The van der Waals surface area contributed by atoms with Crippen LogP contribution in [0.15, 0.2) is 87.4 Å². The van der Waals surface area contributed by atoms with Crippen LogP contribution >= 0.6 is 15.9 Å². The first kappa shape index (κ1) is 28.4. The van der Waals surface area contributed by atoms with Gasteiger partial charge >= 0.3 is 0 Å². The van der Waals surface area contributed by atoms with Crippen molar-refractivity contribution >= 4 is 37.7 Å². The summed E-state index contributed by atoms with van der Waals surface area (Å²) < 4.78 is 7.68. The van der Waals surface area contributed by atoms with Gasteiger partial charge in [0.1, 0.15) is 0 Å². The Labute approximate surface area is 250 Å². The number of hydrogen-bond acceptors (Lipinski definition) is 7. The molecular weight excluding hydrogens is 598 g/mol. The lowest BCUT2D eigenvalue weighted by atomic mass is 9.97. The molecule has 4 heterocycles. The SMILES string of the molecule is O=c1[nH]cnc2ccc(Br)cc12.O=c1c2cc(CC3COC3)ccc2ncn1CC(O)CN1CCc2ccccc2C1. The Morgan fingerprint density at radius 2 is 1.76 bits per heavy atom. The minimum Gasteiger partial charge on any atom is -0.390 e. The second-order valence-electron chi connectivity index (χ2n) is 11.0. The zero-order valence-corrected chi connectivity index (χ0v) is 24.7. The van der Waals surface area contributed by atoms with Gasteiger partial charge in [0.05, 0.1) is 60.3 Å². The quantitative estimate of drug-likeness (QED) is 0.294. The highest BCUT2D eigenvalue weighted by Gasteiger charge is 2.21. The maximum atomic E-state index is 13.0. The predicted octanol–water partition coefficient (Wildman–Crippen LogP) is 3.69. The van der Waals surface area contributed by atoms with E-state index in [2.05, 4.69) is 60.0 Å². The number of β-amino-alcohol motifs (C(OH)–C–C–N with tert-alkyl or cyclic N) is 1. The van der Waals surface area contributed by atoms with E-state index in [1.807, 2.05) is 24.3 Å². The van der Waals surface area contributed by atoms with Gasteiger partial charge < -0.3 is 14.8 Å². The number of rotatable bonds is 6. The Kier molecular flexibility index (Phi) is 8.57. The lowest BCUT2D eigenvalue weighted by Crippen LogP contribution is -2.39. The number of aliphatic hydroxyl groups is 1. The van der Waals surface area contributed by atoms with Gasteiger partial charge in [0.2, 0.25) is 0 Å². The molecular formula is C32H32BrN5O4. The average Bonchev–Trinajstić information content (AvgIpc) is 2.97. The minimum atomic E-state index is -0.623. The van der Waals surface area contributed by atoms with Gasteiger partial charge in [-0.05, 0) is 59.9 Å². The van der Waals surface area contributed by atoms with E-state index < -0.39 is 6.10 Å². The first-order chi connectivity index (χ1) is 20.4. The summed E-state index contributed by atoms with van der Waals surface area (Å²) in [7, 11) is 0. The van der Waals surface area contributed by atoms with Crippen molar-refractivity contribution in [3.8, 4) is 0 Å². The molecule has 2 aromatic heterocycles. The zero-order chi connectivity index (χ0) is 29.1. The molecule has 5 aromatic rings. The number of aliphatic hydroxyl groups excluding tert-OH is 1. The molecule has 2 aliphatic heterocycles. The minimum absolute atomic E-state index is 0.0882. The fourth-order valence-corrected chi connectivity index (χ4v) is 5.89. The van der Waals surface area contributed by atoms with Gasteiger partial charge in [0.15, 0.2) is 0 Å². The maximum Gasteiger partial charge on any atom is 0.261 e. The second kappa shape index (κ2) is 12.7. The monoisotopic (exact) mass is 629 g/mol. The molecule has 0 spiro atoms. The van der Waals surface area contributed by atoms with Crippen molar-refractivity contribution in [3.63, 3.8) is 0 Å². The smallest absolute Gasteiger partial charge is 0.261 e.